The molecule has 0 aliphatic rings. The molecule has 0 saturated carbocycles. The lowest BCUT2D eigenvalue weighted by Gasteiger charge is -2.20. The second-order valence-corrected chi connectivity index (χ2v) is 6.20. The Hall–Kier alpha value is -1.67. The van der Waals surface area contributed by atoms with E-state index >= 15 is 0 Å². The molecule has 0 aliphatic heterocycles. The van der Waals surface area contributed by atoms with Gasteiger partial charge in [-0.25, -0.2) is 0 Å². The minimum absolute atomic E-state index is 0.247. The third-order valence-electron chi connectivity index (χ3n) is 3.76. The van der Waals surface area contributed by atoms with Gasteiger partial charge in [0.25, 0.3) is 0 Å². The van der Waals surface area contributed by atoms with Crippen molar-refractivity contribution in [3.63, 3.8) is 0 Å². The van der Waals surface area contributed by atoms with Gasteiger partial charge in [-0.2, -0.15) is 0 Å². The molecular weight excluding hydrogens is 256 g/mol. The number of benzene rings is 1. The van der Waals surface area contributed by atoms with Crippen LogP contribution >= 0.6 is 0 Å². The highest BCUT2D eigenvalue weighted by Gasteiger charge is 2.11. The zero-order chi connectivity index (χ0) is 15.2. The predicted octanol–water partition coefficient (Wildman–Crippen LogP) is 4.69. The van der Waals surface area contributed by atoms with E-state index in [2.05, 4.69) is 68.3 Å². The summed E-state index contributed by atoms with van der Waals surface area (Å²) >= 11 is 0. The third kappa shape index (κ3) is 4.68. The van der Waals surface area contributed by atoms with Crippen LogP contribution in [-0.2, 0) is 6.42 Å². The summed E-state index contributed by atoms with van der Waals surface area (Å²) in [7, 11) is 0. The van der Waals surface area contributed by atoms with Crippen LogP contribution in [-0.4, -0.2) is 4.98 Å². The van der Waals surface area contributed by atoms with Gasteiger partial charge >= 0.3 is 0 Å². The van der Waals surface area contributed by atoms with E-state index in [1.807, 2.05) is 18.3 Å². The third-order valence-corrected chi connectivity index (χ3v) is 3.76. The van der Waals surface area contributed by atoms with Crippen LogP contribution in [0.2, 0.25) is 0 Å². The summed E-state index contributed by atoms with van der Waals surface area (Å²) in [6.45, 7) is 8.88. The Morgan fingerprint density at radius 1 is 0.905 bits per heavy atom. The normalized spacial score (nSPS) is 14.1. The van der Waals surface area contributed by atoms with Crippen molar-refractivity contribution in [1.82, 2.24) is 10.3 Å². The molecule has 1 N–H and O–H groups in total. The molecule has 0 fully saturated rings. The molecule has 112 valence electrons. The molecule has 2 unspecified atom stereocenters. The summed E-state index contributed by atoms with van der Waals surface area (Å²) in [6.07, 6.45) is 2.99. The van der Waals surface area contributed by atoms with E-state index in [9.17, 15) is 0 Å². The zero-order valence-corrected chi connectivity index (χ0v) is 13.5. The lowest BCUT2D eigenvalue weighted by Crippen LogP contribution is -2.23. The standard InChI is InChI=1S/C19H26N2/c1-14(2)13-17-8-10-18(11-9-17)15(3)21-16(4)19-7-5-6-12-20-19/h5-12,14-16,21H,13H2,1-4H3. The van der Waals surface area contributed by atoms with E-state index in [1.54, 1.807) is 0 Å². The van der Waals surface area contributed by atoms with Crippen molar-refractivity contribution in [3.05, 3.63) is 65.5 Å². The average Bonchev–Trinajstić information content (AvgIpc) is 2.48. The largest absolute Gasteiger partial charge is 0.302 e. The molecule has 0 bridgehead atoms. The van der Waals surface area contributed by atoms with Gasteiger partial charge in [0.05, 0.1) is 5.69 Å². The second-order valence-electron chi connectivity index (χ2n) is 6.20. The van der Waals surface area contributed by atoms with Crippen LogP contribution in [0.15, 0.2) is 48.7 Å². The highest BCUT2D eigenvalue weighted by Crippen LogP contribution is 2.19. The fraction of sp³-hybridized carbons (Fsp3) is 0.421. The molecule has 0 spiro atoms. The monoisotopic (exact) mass is 282 g/mol. The molecule has 2 atom stereocenters. The number of aromatic nitrogens is 1. The Labute approximate surface area is 128 Å². The van der Waals surface area contributed by atoms with E-state index < -0.39 is 0 Å². The molecule has 0 saturated heterocycles. The highest BCUT2D eigenvalue weighted by atomic mass is 15.0. The Balaban J connectivity index is 1.98. The number of nitrogens with zero attached hydrogens (tertiary/aromatic N) is 1. The van der Waals surface area contributed by atoms with Crippen molar-refractivity contribution < 1.29 is 0 Å². The number of hydrogen-bond acceptors (Lipinski definition) is 2. The second kappa shape index (κ2) is 7.37. The van der Waals surface area contributed by atoms with Gasteiger partial charge in [-0.15, -0.1) is 0 Å². The minimum Gasteiger partial charge on any atom is -0.302 e. The molecule has 0 aliphatic carbocycles. The van der Waals surface area contributed by atoms with E-state index in [0.29, 0.717) is 12.0 Å². The van der Waals surface area contributed by atoms with Crippen LogP contribution in [0.3, 0.4) is 0 Å². The quantitative estimate of drug-likeness (QED) is 0.831. The van der Waals surface area contributed by atoms with Crippen molar-refractivity contribution in [1.29, 1.82) is 0 Å². The van der Waals surface area contributed by atoms with Crippen LogP contribution in [0.25, 0.3) is 0 Å². The van der Waals surface area contributed by atoms with E-state index in [0.717, 1.165) is 12.1 Å². The number of rotatable bonds is 6. The topological polar surface area (TPSA) is 24.9 Å². The summed E-state index contributed by atoms with van der Waals surface area (Å²) in [4.78, 5) is 4.41. The van der Waals surface area contributed by atoms with Gasteiger partial charge in [0, 0.05) is 18.3 Å². The maximum absolute atomic E-state index is 4.41. The molecule has 2 aromatic rings. The lowest BCUT2D eigenvalue weighted by atomic mass is 9.99. The smallest absolute Gasteiger partial charge is 0.0570 e. The van der Waals surface area contributed by atoms with E-state index in [-0.39, 0.29) is 6.04 Å². The molecule has 2 nitrogen and oxygen atoms in total. The fourth-order valence-electron chi connectivity index (χ4n) is 2.60. The maximum atomic E-state index is 4.41. The van der Waals surface area contributed by atoms with Gasteiger partial charge in [0.15, 0.2) is 0 Å². The molecule has 0 radical (unpaired) electrons. The van der Waals surface area contributed by atoms with Gasteiger partial charge in [0.1, 0.15) is 0 Å². The molecule has 2 rings (SSSR count). The average molecular weight is 282 g/mol. The lowest BCUT2D eigenvalue weighted by molar-refractivity contribution is 0.486. The van der Waals surface area contributed by atoms with E-state index in [4.69, 9.17) is 0 Å². The Kier molecular flexibility index (Phi) is 5.51. The SMILES string of the molecule is CC(C)Cc1ccc(C(C)NC(C)c2ccccn2)cc1. The first-order valence-corrected chi connectivity index (χ1v) is 7.82. The van der Waals surface area contributed by atoms with Gasteiger partial charge in [-0.3, -0.25) is 4.98 Å². The number of nitrogens with one attached hydrogen (secondary N) is 1. The summed E-state index contributed by atoms with van der Waals surface area (Å²) in [6, 6.07) is 15.6. The Bertz CT molecular complexity index is 531. The van der Waals surface area contributed by atoms with Crippen LogP contribution in [0, 0.1) is 5.92 Å². The molecule has 2 heteroatoms. The first kappa shape index (κ1) is 15.7. The van der Waals surface area contributed by atoms with E-state index in [1.165, 1.54) is 11.1 Å². The van der Waals surface area contributed by atoms with Crippen LogP contribution < -0.4 is 5.32 Å². The van der Waals surface area contributed by atoms with Crippen molar-refractivity contribution in [3.8, 4) is 0 Å². The molecule has 1 aromatic heterocycles. The molecule has 1 heterocycles. The summed E-state index contributed by atoms with van der Waals surface area (Å²) in [5.74, 6) is 0.704. The van der Waals surface area contributed by atoms with Crippen LogP contribution in [0.1, 0.15) is 56.6 Å². The van der Waals surface area contributed by atoms with Gasteiger partial charge in [-0.1, -0.05) is 44.2 Å². The van der Waals surface area contributed by atoms with Crippen molar-refractivity contribution in [2.75, 3.05) is 0 Å². The maximum Gasteiger partial charge on any atom is 0.0570 e. The number of hydrogen-bond donors (Lipinski definition) is 1. The van der Waals surface area contributed by atoms with Gasteiger partial charge < -0.3 is 5.32 Å². The minimum atomic E-state index is 0.247. The van der Waals surface area contributed by atoms with Crippen LogP contribution in [0.4, 0.5) is 0 Å². The molecule has 21 heavy (non-hydrogen) atoms. The highest BCUT2D eigenvalue weighted by molar-refractivity contribution is 5.25. The van der Waals surface area contributed by atoms with Crippen LogP contribution in [0.5, 0.6) is 0 Å². The fourth-order valence-corrected chi connectivity index (χ4v) is 2.60. The summed E-state index contributed by atoms with van der Waals surface area (Å²) < 4.78 is 0. The predicted molar refractivity (Wildman–Crippen MR) is 89.2 cm³/mol. The van der Waals surface area contributed by atoms with Gasteiger partial charge in [0.2, 0.25) is 0 Å². The van der Waals surface area contributed by atoms with Crippen molar-refractivity contribution in [2.24, 2.45) is 5.92 Å². The summed E-state index contributed by atoms with van der Waals surface area (Å²) in [5, 5.41) is 3.61. The van der Waals surface area contributed by atoms with Gasteiger partial charge in [-0.05, 0) is 49.4 Å². The van der Waals surface area contributed by atoms with Crippen molar-refractivity contribution >= 4 is 0 Å². The summed E-state index contributed by atoms with van der Waals surface area (Å²) in [5.41, 5.74) is 3.82. The Morgan fingerprint density at radius 2 is 1.62 bits per heavy atom. The number of pyridine rings is 1. The first-order valence-electron chi connectivity index (χ1n) is 7.82. The molecular formula is C19H26N2. The molecule has 1 aromatic carbocycles. The van der Waals surface area contributed by atoms with Crippen molar-refractivity contribution in [2.45, 2.75) is 46.2 Å². The zero-order valence-electron chi connectivity index (χ0n) is 13.5. The molecule has 0 amide bonds. The first-order chi connectivity index (χ1) is 10.1. The Morgan fingerprint density at radius 3 is 2.19 bits per heavy atom.